The monoisotopic (exact) mass is 293 g/mol. The number of amides is 1. The minimum Gasteiger partial charge on any atom is -0.481 e. The first-order chi connectivity index (χ1) is 9.95. The zero-order valence-electron chi connectivity index (χ0n) is 12.8. The van der Waals surface area contributed by atoms with Gasteiger partial charge in [0.2, 0.25) is 5.91 Å². The molecular formula is C15H23N3O3. The summed E-state index contributed by atoms with van der Waals surface area (Å²) in [6, 6.07) is -0.423. The molecule has 2 unspecified atom stereocenters. The molecule has 1 aromatic rings. The Bertz CT molecular complexity index is 524. The number of nitrogens with zero attached hydrogens (tertiary/aromatic N) is 3. The van der Waals surface area contributed by atoms with Crippen LogP contribution in [0.5, 0.6) is 0 Å². The lowest BCUT2D eigenvalue weighted by Gasteiger charge is -2.40. The molecule has 0 aliphatic carbocycles. The molecule has 21 heavy (non-hydrogen) atoms. The molecule has 1 aliphatic heterocycles. The van der Waals surface area contributed by atoms with E-state index in [0.29, 0.717) is 31.8 Å². The van der Waals surface area contributed by atoms with Crippen molar-refractivity contribution in [3.05, 3.63) is 18.2 Å². The Morgan fingerprint density at radius 3 is 2.81 bits per heavy atom. The highest BCUT2D eigenvalue weighted by molar-refractivity contribution is 5.81. The number of carbonyl (C=O) groups is 2. The Kier molecular flexibility index (Phi) is 4.65. The predicted molar refractivity (Wildman–Crippen MR) is 77.6 cm³/mol. The van der Waals surface area contributed by atoms with Crippen LogP contribution in [0.3, 0.4) is 0 Å². The number of piperidine rings is 1. The molecule has 1 aromatic heterocycles. The van der Waals surface area contributed by atoms with Crippen molar-refractivity contribution in [2.24, 2.45) is 11.8 Å². The average molecular weight is 293 g/mol. The third-order valence-electron chi connectivity index (χ3n) is 3.97. The van der Waals surface area contributed by atoms with Gasteiger partial charge in [-0.25, -0.2) is 4.98 Å². The van der Waals surface area contributed by atoms with Crippen LogP contribution in [0, 0.1) is 11.8 Å². The molecule has 0 bridgehead atoms. The van der Waals surface area contributed by atoms with E-state index >= 15 is 0 Å². The van der Waals surface area contributed by atoms with E-state index in [0.717, 1.165) is 5.69 Å². The lowest BCUT2D eigenvalue weighted by atomic mass is 9.86. The van der Waals surface area contributed by atoms with Gasteiger partial charge in [0.1, 0.15) is 0 Å². The van der Waals surface area contributed by atoms with Gasteiger partial charge in [-0.15, -0.1) is 0 Å². The van der Waals surface area contributed by atoms with Gasteiger partial charge in [-0.1, -0.05) is 13.8 Å². The van der Waals surface area contributed by atoms with Crippen LogP contribution in [0.25, 0.3) is 0 Å². The molecule has 1 N–H and O–H groups in total. The first-order valence-corrected chi connectivity index (χ1v) is 7.48. The van der Waals surface area contributed by atoms with Gasteiger partial charge in [-0.2, -0.15) is 0 Å². The summed E-state index contributed by atoms with van der Waals surface area (Å²) in [6.07, 6.45) is 4.08. The minimum atomic E-state index is -0.842. The molecule has 2 heterocycles. The van der Waals surface area contributed by atoms with E-state index in [-0.39, 0.29) is 5.91 Å². The minimum absolute atomic E-state index is 0.0371. The summed E-state index contributed by atoms with van der Waals surface area (Å²) in [5, 5.41) is 9.54. The van der Waals surface area contributed by atoms with Crippen molar-refractivity contribution in [3.8, 4) is 0 Å². The number of aryl methyl sites for hydroxylation is 1. The highest BCUT2D eigenvalue weighted by Crippen LogP contribution is 2.37. The predicted octanol–water partition coefficient (Wildman–Crippen LogP) is 1.92. The summed E-state index contributed by atoms with van der Waals surface area (Å²) in [4.78, 5) is 29.8. The summed E-state index contributed by atoms with van der Waals surface area (Å²) in [5.41, 5.74) is 0.818. The number of likely N-dealkylation sites (tertiary alicyclic amines) is 1. The van der Waals surface area contributed by atoms with E-state index in [1.54, 1.807) is 17.4 Å². The van der Waals surface area contributed by atoms with Crippen LogP contribution in [-0.4, -0.2) is 38.0 Å². The van der Waals surface area contributed by atoms with Gasteiger partial charge < -0.3 is 14.6 Å². The molecule has 2 atom stereocenters. The largest absolute Gasteiger partial charge is 0.481 e. The Hall–Kier alpha value is -1.85. The lowest BCUT2D eigenvalue weighted by molar-refractivity contribution is -0.152. The van der Waals surface area contributed by atoms with Crippen LogP contribution in [-0.2, 0) is 16.1 Å². The van der Waals surface area contributed by atoms with E-state index < -0.39 is 17.9 Å². The van der Waals surface area contributed by atoms with Gasteiger partial charge in [0.05, 0.1) is 30.2 Å². The second-order valence-electron chi connectivity index (χ2n) is 5.97. The van der Waals surface area contributed by atoms with Crippen LogP contribution in [0.1, 0.15) is 45.3 Å². The molecule has 6 nitrogen and oxygen atoms in total. The standard InChI is InChI=1S/C15H23N3O3/c1-4-17-9-16-7-12(17)14-11(15(20)21)5-6-13(19)18(14)8-10(2)3/h7,9-11,14H,4-6,8H2,1-3H3,(H,20,21). The highest BCUT2D eigenvalue weighted by atomic mass is 16.4. The molecule has 6 heteroatoms. The summed E-state index contributed by atoms with van der Waals surface area (Å²) in [7, 11) is 0. The quantitative estimate of drug-likeness (QED) is 0.900. The number of aromatic nitrogens is 2. The maximum absolute atomic E-state index is 12.3. The van der Waals surface area contributed by atoms with Gasteiger partial charge in [-0.05, 0) is 19.3 Å². The Morgan fingerprint density at radius 2 is 2.24 bits per heavy atom. The molecule has 0 radical (unpaired) electrons. The first-order valence-electron chi connectivity index (χ1n) is 7.48. The number of carbonyl (C=O) groups excluding carboxylic acids is 1. The van der Waals surface area contributed by atoms with Crippen molar-refractivity contribution in [1.29, 1.82) is 0 Å². The molecular weight excluding hydrogens is 270 g/mol. The van der Waals surface area contributed by atoms with E-state index in [2.05, 4.69) is 4.98 Å². The number of aliphatic carboxylic acids is 1. The fourth-order valence-corrected chi connectivity index (χ4v) is 3.03. The molecule has 1 aliphatic rings. The molecule has 2 rings (SSSR count). The summed E-state index contributed by atoms with van der Waals surface area (Å²) >= 11 is 0. The summed E-state index contributed by atoms with van der Waals surface area (Å²) < 4.78 is 1.92. The van der Waals surface area contributed by atoms with E-state index in [1.165, 1.54) is 0 Å². The summed E-state index contributed by atoms with van der Waals surface area (Å²) in [6.45, 7) is 7.33. The fraction of sp³-hybridized carbons (Fsp3) is 0.667. The summed E-state index contributed by atoms with van der Waals surface area (Å²) in [5.74, 6) is -1.08. The second kappa shape index (κ2) is 6.28. The maximum atomic E-state index is 12.3. The Balaban J connectivity index is 2.43. The van der Waals surface area contributed by atoms with Crippen LogP contribution in [0.4, 0.5) is 0 Å². The van der Waals surface area contributed by atoms with E-state index in [1.807, 2.05) is 25.3 Å². The molecule has 116 valence electrons. The maximum Gasteiger partial charge on any atom is 0.309 e. The number of hydrogen-bond donors (Lipinski definition) is 1. The zero-order chi connectivity index (χ0) is 15.6. The van der Waals surface area contributed by atoms with Gasteiger partial charge >= 0.3 is 5.97 Å². The third-order valence-corrected chi connectivity index (χ3v) is 3.97. The van der Waals surface area contributed by atoms with Gasteiger partial charge in [0, 0.05) is 19.5 Å². The highest BCUT2D eigenvalue weighted by Gasteiger charge is 2.42. The van der Waals surface area contributed by atoms with Gasteiger partial charge in [0.15, 0.2) is 0 Å². The van der Waals surface area contributed by atoms with Gasteiger partial charge in [0.25, 0.3) is 0 Å². The lowest BCUT2D eigenvalue weighted by Crippen LogP contribution is -2.47. The SMILES string of the molecule is CCn1cncc1C1C(C(=O)O)CCC(=O)N1CC(C)C. The third kappa shape index (κ3) is 3.09. The first kappa shape index (κ1) is 15.5. The van der Waals surface area contributed by atoms with E-state index in [9.17, 15) is 14.7 Å². The number of hydrogen-bond acceptors (Lipinski definition) is 3. The number of imidazole rings is 1. The van der Waals surface area contributed by atoms with Crippen LogP contribution in [0.2, 0.25) is 0 Å². The van der Waals surface area contributed by atoms with Crippen molar-refractivity contribution >= 4 is 11.9 Å². The fourth-order valence-electron chi connectivity index (χ4n) is 3.03. The van der Waals surface area contributed by atoms with Crippen LogP contribution in [0.15, 0.2) is 12.5 Å². The zero-order valence-corrected chi connectivity index (χ0v) is 12.8. The molecule has 0 aromatic carbocycles. The molecule has 1 amide bonds. The van der Waals surface area contributed by atoms with Crippen molar-refractivity contribution in [1.82, 2.24) is 14.5 Å². The van der Waals surface area contributed by atoms with E-state index in [4.69, 9.17) is 0 Å². The Morgan fingerprint density at radius 1 is 1.52 bits per heavy atom. The van der Waals surface area contributed by atoms with Crippen LogP contribution < -0.4 is 0 Å². The Labute approximate surface area is 124 Å². The van der Waals surface area contributed by atoms with Crippen LogP contribution >= 0.6 is 0 Å². The number of carboxylic acid groups (broad SMARTS) is 1. The molecule has 1 saturated heterocycles. The van der Waals surface area contributed by atoms with Crippen molar-refractivity contribution in [3.63, 3.8) is 0 Å². The average Bonchev–Trinajstić information content (AvgIpc) is 2.88. The molecule has 0 saturated carbocycles. The number of rotatable bonds is 5. The second-order valence-corrected chi connectivity index (χ2v) is 5.97. The smallest absolute Gasteiger partial charge is 0.309 e. The van der Waals surface area contributed by atoms with Crippen molar-refractivity contribution in [2.45, 2.75) is 46.2 Å². The number of carboxylic acids is 1. The normalized spacial score (nSPS) is 22.9. The molecule has 1 fully saturated rings. The van der Waals surface area contributed by atoms with Gasteiger partial charge in [-0.3, -0.25) is 9.59 Å². The molecule has 0 spiro atoms. The topological polar surface area (TPSA) is 75.4 Å². The van der Waals surface area contributed by atoms with Crippen molar-refractivity contribution < 1.29 is 14.7 Å². The van der Waals surface area contributed by atoms with Crippen molar-refractivity contribution in [2.75, 3.05) is 6.54 Å².